The number of nitrogens with zero attached hydrogens (tertiary/aromatic N) is 1. The fourth-order valence-electron chi connectivity index (χ4n) is 1.29. The van der Waals surface area contributed by atoms with Crippen LogP contribution in [0.2, 0.25) is 0 Å². The second kappa shape index (κ2) is 6.01. The van der Waals surface area contributed by atoms with Crippen molar-refractivity contribution in [1.82, 2.24) is 0 Å². The molecule has 0 radical (unpaired) electrons. The van der Waals surface area contributed by atoms with E-state index in [0.717, 1.165) is 0 Å². The molecule has 16 heteroatoms. The van der Waals surface area contributed by atoms with Crippen molar-refractivity contribution in [3.05, 3.63) is 33.5 Å². The maximum Gasteiger partial charge on any atom is 0.480 e. The zero-order valence-electron chi connectivity index (χ0n) is 11.0. The molecule has 0 aliphatic carbocycles. The highest BCUT2D eigenvalue weighted by molar-refractivity contribution is 8.12. The van der Waals surface area contributed by atoms with Gasteiger partial charge in [0.1, 0.15) is 10.0 Å². The van der Waals surface area contributed by atoms with Crippen LogP contribution >= 0.6 is 0 Å². The number of benzene rings is 1. The molecule has 0 aromatic heterocycles. The number of hydrogen-bond donors (Lipinski definition) is 0. The van der Waals surface area contributed by atoms with Gasteiger partial charge >= 0.3 is 17.9 Å². The van der Waals surface area contributed by atoms with Crippen molar-refractivity contribution in [1.29, 1.82) is 0 Å². The Balaban J connectivity index is 3.61. The minimum atomic E-state index is -6.73. The summed E-state index contributed by atoms with van der Waals surface area (Å²) in [6, 6.07) is -1.45. The lowest BCUT2D eigenvalue weighted by Crippen LogP contribution is -2.24. The van der Waals surface area contributed by atoms with E-state index in [4.69, 9.17) is 0 Å². The van der Waals surface area contributed by atoms with Crippen LogP contribution in [0.25, 0.3) is 4.13 Å². The van der Waals surface area contributed by atoms with Gasteiger partial charge in [0, 0.05) is 0 Å². The molecule has 144 valence electrons. The van der Waals surface area contributed by atoms with Gasteiger partial charge in [-0.25, -0.2) is 16.8 Å². The van der Waals surface area contributed by atoms with Crippen molar-refractivity contribution in [2.75, 3.05) is 0 Å². The predicted octanol–water partition coefficient (Wildman–Crippen LogP) is 3.64. The van der Waals surface area contributed by atoms with Crippen LogP contribution in [0.15, 0.2) is 23.1 Å². The molecular formula is C9H3F9NO4S2-. The van der Waals surface area contributed by atoms with E-state index in [1.54, 1.807) is 0 Å². The quantitative estimate of drug-likeness (QED) is 0.694. The molecule has 0 heterocycles. The minimum Gasteiger partial charge on any atom is -0.424 e. The molecule has 0 aliphatic heterocycles. The van der Waals surface area contributed by atoms with E-state index >= 15 is 0 Å². The highest BCUT2D eigenvalue weighted by Crippen LogP contribution is 2.39. The summed E-state index contributed by atoms with van der Waals surface area (Å²) < 4.78 is 157. The van der Waals surface area contributed by atoms with Gasteiger partial charge in [-0.1, -0.05) is 0 Å². The Bertz CT molecular complexity index is 834. The Kier molecular flexibility index (Phi) is 5.17. The van der Waals surface area contributed by atoms with E-state index < -0.39 is 72.1 Å². The minimum absolute atomic E-state index is 0.472. The third kappa shape index (κ3) is 4.97. The van der Waals surface area contributed by atoms with Gasteiger partial charge in [0.25, 0.3) is 0 Å². The summed E-state index contributed by atoms with van der Waals surface area (Å²) in [4.78, 5) is -2.03. The first kappa shape index (κ1) is 21.5. The van der Waals surface area contributed by atoms with Gasteiger partial charge in [-0.3, -0.25) is 0 Å². The van der Waals surface area contributed by atoms with Gasteiger partial charge in [0.15, 0.2) is 10.0 Å². The smallest absolute Gasteiger partial charge is 0.424 e. The Morgan fingerprint density at radius 1 is 0.680 bits per heavy atom. The molecule has 0 saturated carbocycles. The van der Waals surface area contributed by atoms with Crippen LogP contribution in [-0.4, -0.2) is 22.3 Å². The number of sulfonamides is 2. The van der Waals surface area contributed by atoms with E-state index in [2.05, 4.69) is 0 Å². The lowest BCUT2D eigenvalue weighted by molar-refractivity contribution is -0.143. The summed E-state index contributed by atoms with van der Waals surface area (Å²) in [7, 11) is -12.8. The van der Waals surface area contributed by atoms with E-state index in [1.807, 2.05) is 0 Å². The zero-order valence-corrected chi connectivity index (χ0v) is 12.7. The van der Waals surface area contributed by atoms with Crippen molar-refractivity contribution >= 4 is 20.0 Å². The van der Waals surface area contributed by atoms with Crippen LogP contribution in [-0.2, 0) is 32.4 Å². The summed E-state index contributed by atoms with van der Waals surface area (Å²) in [5, 5.41) is 0. The molecule has 0 atom stereocenters. The van der Waals surface area contributed by atoms with Gasteiger partial charge in [-0.05, 0) is 18.2 Å². The van der Waals surface area contributed by atoms with Gasteiger partial charge in [-0.15, -0.1) is 0 Å². The monoisotopic (exact) mass is 424 g/mol. The number of rotatable bonds is 3. The predicted molar refractivity (Wildman–Crippen MR) is 62.0 cm³/mol. The highest BCUT2D eigenvalue weighted by atomic mass is 32.3. The second-order valence-electron chi connectivity index (χ2n) is 4.21. The summed E-state index contributed by atoms with van der Waals surface area (Å²) in [6.07, 6.45) is -11.0. The maximum absolute atomic E-state index is 12.6. The van der Waals surface area contributed by atoms with Crippen molar-refractivity contribution < 1.29 is 56.3 Å². The lowest BCUT2D eigenvalue weighted by atomic mass is 10.1. The van der Waals surface area contributed by atoms with Gasteiger partial charge in [0.2, 0.25) is 0 Å². The highest BCUT2D eigenvalue weighted by Gasteiger charge is 2.42. The van der Waals surface area contributed by atoms with Gasteiger partial charge < -0.3 is 4.13 Å². The molecule has 5 nitrogen and oxygen atoms in total. The van der Waals surface area contributed by atoms with E-state index in [1.165, 1.54) is 4.13 Å². The SMILES string of the molecule is O=S(=O)([N-]S(=O)(=O)C(F)(F)F)c1cc(C(F)(F)F)cc(C(F)(F)F)c1. The number of halogens is 9. The Morgan fingerprint density at radius 2 is 1.04 bits per heavy atom. The van der Waals surface area contributed by atoms with Crippen LogP contribution in [0.4, 0.5) is 39.5 Å². The summed E-state index contributed by atoms with van der Waals surface area (Å²) in [5.74, 6) is 0. The molecule has 0 amide bonds. The average molecular weight is 424 g/mol. The number of hydrogen-bond acceptors (Lipinski definition) is 4. The first-order valence-electron chi connectivity index (χ1n) is 5.37. The normalized spacial score (nSPS) is 14.6. The molecule has 1 aromatic carbocycles. The van der Waals surface area contributed by atoms with Crippen LogP contribution in [0.5, 0.6) is 0 Å². The molecular weight excluding hydrogens is 421 g/mol. The van der Waals surface area contributed by atoms with Gasteiger partial charge in [0.05, 0.1) is 16.0 Å². The number of alkyl halides is 9. The van der Waals surface area contributed by atoms with Crippen molar-refractivity contribution in [3.8, 4) is 0 Å². The average Bonchev–Trinajstić information content (AvgIpc) is 2.33. The lowest BCUT2D eigenvalue weighted by Gasteiger charge is -2.23. The van der Waals surface area contributed by atoms with E-state index in [9.17, 15) is 56.3 Å². The summed E-state index contributed by atoms with van der Waals surface area (Å²) in [5.41, 5.74) is -10.6. The molecule has 0 bridgehead atoms. The Labute approximate surface area is 133 Å². The van der Waals surface area contributed by atoms with Gasteiger partial charge in [-0.2, -0.15) is 39.5 Å². The van der Waals surface area contributed by atoms with Crippen molar-refractivity contribution in [2.45, 2.75) is 22.8 Å². The molecule has 25 heavy (non-hydrogen) atoms. The fourth-order valence-corrected chi connectivity index (χ4v) is 3.56. The van der Waals surface area contributed by atoms with Crippen LogP contribution in [0.1, 0.15) is 11.1 Å². The Morgan fingerprint density at radius 3 is 1.32 bits per heavy atom. The van der Waals surface area contributed by atoms with Crippen molar-refractivity contribution in [2.24, 2.45) is 0 Å². The third-order valence-electron chi connectivity index (χ3n) is 2.35. The molecule has 0 aliphatic rings. The molecule has 0 saturated heterocycles. The van der Waals surface area contributed by atoms with Crippen molar-refractivity contribution in [3.63, 3.8) is 0 Å². The fraction of sp³-hybridized carbons (Fsp3) is 0.333. The molecule has 0 N–H and O–H groups in total. The summed E-state index contributed by atoms with van der Waals surface area (Å²) >= 11 is 0. The maximum atomic E-state index is 12.6. The van der Waals surface area contributed by atoms with E-state index in [-0.39, 0.29) is 0 Å². The van der Waals surface area contributed by atoms with E-state index in [0.29, 0.717) is 0 Å². The third-order valence-corrected chi connectivity index (χ3v) is 5.33. The van der Waals surface area contributed by atoms with Crippen LogP contribution in [0.3, 0.4) is 0 Å². The van der Waals surface area contributed by atoms with Crippen LogP contribution in [0, 0.1) is 0 Å². The molecule has 0 unspecified atom stereocenters. The van der Waals surface area contributed by atoms with Crippen LogP contribution < -0.4 is 0 Å². The molecule has 0 fully saturated rings. The standard InChI is InChI=1S/C9H3F9NO4S2/c10-7(11,12)4-1-5(8(13,14)15)3-6(2-4)24(20,21)19-25(22,23)9(16,17)18/h1-3H/q-1. The zero-order chi connectivity index (χ0) is 20.1. The molecule has 0 spiro atoms. The first-order chi connectivity index (χ1) is 10.8. The Hall–Kier alpha value is -1.55. The molecule has 1 rings (SSSR count). The molecule has 1 aromatic rings. The topological polar surface area (TPSA) is 82.4 Å². The second-order valence-corrected chi connectivity index (χ2v) is 7.64. The first-order valence-corrected chi connectivity index (χ1v) is 8.25. The largest absolute Gasteiger partial charge is 0.480 e. The summed E-state index contributed by atoms with van der Waals surface area (Å²) in [6.45, 7) is 0.